The average molecular weight is 411 g/mol. The van der Waals surface area contributed by atoms with Gasteiger partial charge in [0, 0.05) is 21.5 Å². The van der Waals surface area contributed by atoms with Gasteiger partial charge in [0.15, 0.2) is 4.80 Å². The molecule has 7 heteroatoms. The summed E-state index contributed by atoms with van der Waals surface area (Å²) in [6.45, 7) is 2.92. The molecule has 130 valence electrons. The number of rotatable bonds is 5. The molecule has 0 unspecified atom stereocenters. The quantitative estimate of drug-likeness (QED) is 0.510. The van der Waals surface area contributed by atoms with Crippen LogP contribution in [0.2, 0.25) is 10.0 Å². The fraction of sp³-hybridized carbons (Fsp3) is 0.222. The molecular weight excluding hydrogens is 395 g/mol. The van der Waals surface area contributed by atoms with Crippen molar-refractivity contribution in [2.24, 2.45) is 4.99 Å². The highest BCUT2D eigenvalue weighted by atomic mass is 35.5. The number of benzene rings is 2. The maximum absolute atomic E-state index is 12.3. The molecule has 1 amide bonds. The average Bonchev–Trinajstić information content (AvgIpc) is 2.91. The number of fused-ring (bicyclic) bond motifs is 1. The van der Waals surface area contributed by atoms with Crippen LogP contribution in [-0.2, 0) is 11.3 Å². The Kier molecular flexibility index (Phi) is 6.23. The van der Waals surface area contributed by atoms with Gasteiger partial charge in [0.1, 0.15) is 0 Å². The second kappa shape index (κ2) is 8.41. The largest absolute Gasteiger partial charge is 0.316 e. The Morgan fingerprint density at radius 1 is 1.16 bits per heavy atom. The molecule has 3 rings (SSSR count). The molecule has 0 N–H and O–H groups in total. The number of thioether (sulfide) groups is 1. The number of hydrogen-bond donors (Lipinski definition) is 0. The summed E-state index contributed by atoms with van der Waals surface area (Å²) in [6, 6.07) is 13.2. The lowest BCUT2D eigenvalue weighted by atomic mass is 10.3. The van der Waals surface area contributed by atoms with Crippen molar-refractivity contribution in [3.8, 4) is 0 Å². The molecule has 1 aromatic heterocycles. The number of aromatic nitrogens is 1. The van der Waals surface area contributed by atoms with Crippen molar-refractivity contribution < 1.29 is 4.79 Å². The molecule has 0 saturated heterocycles. The van der Waals surface area contributed by atoms with Crippen LogP contribution >= 0.6 is 46.3 Å². The van der Waals surface area contributed by atoms with Crippen molar-refractivity contribution in [3.63, 3.8) is 0 Å². The van der Waals surface area contributed by atoms with Crippen molar-refractivity contribution in [3.05, 3.63) is 57.3 Å². The Bertz CT molecular complexity index is 961. The van der Waals surface area contributed by atoms with Crippen molar-refractivity contribution in [2.75, 3.05) is 5.75 Å². The van der Waals surface area contributed by atoms with Crippen LogP contribution in [-0.4, -0.2) is 16.2 Å². The summed E-state index contributed by atoms with van der Waals surface area (Å²) in [7, 11) is 0. The van der Waals surface area contributed by atoms with Gasteiger partial charge in [0.25, 0.3) is 5.91 Å². The third-order valence-corrected chi connectivity index (χ3v) is 6.01. The first kappa shape index (κ1) is 18.5. The molecule has 1 heterocycles. The lowest BCUT2D eigenvalue weighted by molar-refractivity contribution is -0.115. The lowest BCUT2D eigenvalue weighted by Crippen LogP contribution is -2.17. The van der Waals surface area contributed by atoms with Crippen LogP contribution in [0.5, 0.6) is 0 Å². The molecule has 0 fully saturated rings. The Hall–Kier alpha value is -1.27. The van der Waals surface area contributed by atoms with E-state index in [4.69, 9.17) is 23.2 Å². The Morgan fingerprint density at radius 2 is 1.88 bits per heavy atom. The molecule has 3 aromatic rings. The molecule has 0 aliphatic rings. The normalized spacial score (nSPS) is 12.0. The Balaban J connectivity index is 1.84. The summed E-state index contributed by atoms with van der Waals surface area (Å²) < 4.78 is 3.12. The van der Waals surface area contributed by atoms with Gasteiger partial charge in [-0.25, -0.2) is 0 Å². The SMILES string of the molecule is CCCn1c(=NC(=O)CSc2ccc(Cl)cc2)sc2cc(Cl)ccc21. The molecule has 0 bridgehead atoms. The molecule has 3 nitrogen and oxygen atoms in total. The molecular formula is C18H16Cl2N2OS2. The summed E-state index contributed by atoms with van der Waals surface area (Å²) in [4.78, 5) is 18.4. The number of nitrogens with zero attached hydrogens (tertiary/aromatic N) is 2. The molecule has 0 saturated carbocycles. The Labute approximate surface area is 164 Å². The highest BCUT2D eigenvalue weighted by molar-refractivity contribution is 8.00. The van der Waals surface area contributed by atoms with E-state index in [1.165, 1.54) is 23.1 Å². The van der Waals surface area contributed by atoms with Gasteiger partial charge >= 0.3 is 0 Å². The topological polar surface area (TPSA) is 34.4 Å². The minimum atomic E-state index is -0.151. The van der Waals surface area contributed by atoms with Crippen LogP contribution < -0.4 is 4.80 Å². The van der Waals surface area contributed by atoms with Gasteiger partial charge in [-0.2, -0.15) is 4.99 Å². The van der Waals surface area contributed by atoms with Gasteiger partial charge in [-0.15, -0.1) is 11.8 Å². The van der Waals surface area contributed by atoms with Gasteiger partial charge < -0.3 is 4.57 Å². The van der Waals surface area contributed by atoms with Crippen molar-refractivity contribution >= 4 is 62.4 Å². The number of thiazole rings is 1. The van der Waals surface area contributed by atoms with Gasteiger partial charge in [0.2, 0.25) is 0 Å². The van der Waals surface area contributed by atoms with Crippen LogP contribution in [0.15, 0.2) is 52.4 Å². The molecule has 0 spiro atoms. The number of carbonyl (C=O) groups excluding carboxylic acids is 1. The van der Waals surface area contributed by atoms with Crippen LogP contribution in [0.25, 0.3) is 10.2 Å². The summed E-state index contributed by atoms with van der Waals surface area (Å²) in [5, 5.41) is 1.37. The fourth-order valence-electron chi connectivity index (χ4n) is 2.39. The number of amides is 1. The first-order valence-electron chi connectivity index (χ1n) is 7.81. The zero-order valence-corrected chi connectivity index (χ0v) is 16.7. The molecule has 2 aromatic carbocycles. The molecule has 0 aliphatic heterocycles. The predicted octanol–water partition coefficient (Wildman–Crippen LogP) is 5.64. The van der Waals surface area contributed by atoms with E-state index in [1.54, 1.807) is 0 Å². The van der Waals surface area contributed by atoms with E-state index in [2.05, 4.69) is 16.5 Å². The second-order valence-electron chi connectivity index (χ2n) is 5.40. The lowest BCUT2D eigenvalue weighted by Gasteiger charge is -2.02. The van der Waals surface area contributed by atoms with Gasteiger partial charge in [0.05, 0.1) is 16.0 Å². The van der Waals surface area contributed by atoms with Crippen molar-refractivity contribution in [1.29, 1.82) is 0 Å². The Morgan fingerprint density at radius 3 is 2.60 bits per heavy atom. The maximum Gasteiger partial charge on any atom is 0.258 e. The minimum Gasteiger partial charge on any atom is -0.316 e. The fourth-order valence-corrected chi connectivity index (χ4v) is 4.55. The molecule has 25 heavy (non-hydrogen) atoms. The van der Waals surface area contributed by atoms with Crippen LogP contribution in [0.4, 0.5) is 0 Å². The van der Waals surface area contributed by atoms with Gasteiger partial charge in [-0.3, -0.25) is 4.79 Å². The number of carbonyl (C=O) groups is 1. The monoisotopic (exact) mass is 410 g/mol. The van der Waals surface area contributed by atoms with Crippen LogP contribution in [0, 0.1) is 0 Å². The highest BCUT2D eigenvalue weighted by Crippen LogP contribution is 2.23. The second-order valence-corrected chi connectivity index (χ2v) is 8.33. The predicted molar refractivity (Wildman–Crippen MR) is 108 cm³/mol. The minimum absolute atomic E-state index is 0.151. The molecule has 0 atom stereocenters. The zero-order chi connectivity index (χ0) is 17.8. The third-order valence-electron chi connectivity index (χ3n) is 3.49. The summed E-state index contributed by atoms with van der Waals surface area (Å²) in [6.07, 6.45) is 0.968. The van der Waals surface area contributed by atoms with Crippen LogP contribution in [0.3, 0.4) is 0 Å². The van der Waals surface area contributed by atoms with Gasteiger partial charge in [-0.1, -0.05) is 41.5 Å². The summed E-state index contributed by atoms with van der Waals surface area (Å²) >= 11 is 14.9. The summed E-state index contributed by atoms with van der Waals surface area (Å²) in [5.74, 6) is 0.144. The van der Waals surface area contributed by atoms with Crippen molar-refractivity contribution in [1.82, 2.24) is 4.57 Å². The standard InChI is InChI=1S/C18H16Cl2N2OS2/c1-2-9-22-15-8-5-13(20)10-16(15)25-18(22)21-17(23)11-24-14-6-3-12(19)4-7-14/h3-8,10H,2,9,11H2,1H3. The van der Waals surface area contributed by atoms with E-state index in [-0.39, 0.29) is 5.91 Å². The van der Waals surface area contributed by atoms with E-state index in [0.717, 1.165) is 32.9 Å². The third kappa shape index (κ3) is 4.67. The van der Waals surface area contributed by atoms with E-state index < -0.39 is 0 Å². The highest BCUT2D eigenvalue weighted by Gasteiger charge is 2.08. The van der Waals surface area contributed by atoms with E-state index >= 15 is 0 Å². The smallest absolute Gasteiger partial charge is 0.258 e. The number of halogens is 2. The van der Waals surface area contributed by atoms with E-state index in [1.807, 2.05) is 42.5 Å². The number of hydrogen-bond acceptors (Lipinski definition) is 3. The van der Waals surface area contributed by atoms with E-state index in [0.29, 0.717) is 15.8 Å². The zero-order valence-electron chi connectivity index (χ0n) is 13.5. The van der Waals surface area contributed by atoms with E-state index in [9.17, 15) is 4.79 Å². The van der Waals surface area contributed by atoms with Crippen molar-refractivity contribution in [2.45, 2.75) is 24.8 Å². The van der Waals surface area contributed by atoms with Crippen LogP contribution in [0.1, 0.15) is 13.3 Å². The first-order valence-corrected chi connectivity index (χ1v) is 10.4. The summed E-state index contributed by atoms with van der Waals surface area (Å²) in [5.41, 5.74) is 1.06. The maximum atomic E-state index is 12.3. The number of aryl methyl sites for hydroxylation is 1. The molecule has 0 radical (unpaired) electrons. The van der Waals surface area contributed by atoms with Gasteiger partial charge in [-0.05, 0) is 48.9 Å². The first-order chi connectivity index (χ1) is 12.1. The molecule has 0 aliphatic carbocycles.